The summed E-state index contributed by atoms with van der Waals surface area (Å²) in [6, 6.07) is 3.79. The molecule has 0 aromatic heterocycles. The van der Waals surface area contributed by atoms with Crippen LogP contribution in [-0.2, 0) is 4.79 Å². The van der Waals surface area contributed by atoms with E-state index in [2.05, 4.69) is 19.2 Å². The van der Waals surface area contributed by atoms with Crippen LogP contribution in [0.2, 0.25) is 0 Å². The maximum absolute atomic E-state index is 13.7. The molecule has 1 fully saturated rings. The summed E-state index contributed by atoms with van der Waals surface area (Å²) in [6.07, 6.45) is 4.68. The van der Waals surface area contributed by atoms with E-state index in [9.17, 15) is 14.3 Å². The van der Waals surface area contributed by atoms with Crippen molar-refractivity contribution < 1.29 is 14.3 Å². The summed E-state index contributed by atoms with van der Waals surface area (Å²) >= 11 is 0. The van der Waals surface area contributed by atoms with Crippen molar-refractivity contribution in [2.24, 2.45) is 11.3 Å². The van der Waals surface area contributed by atoms with E-state index in [1.165, 1.54) is 12.1 Å². The molecule has 2 N–H and O–H groups in total. The summed E-state index contributed by atoms with van der Waals surface area (Å²) in [7, 11) is 0. The monoisotopic (exact) mass is 279 g/mol. The van der Waals surface area contributed by atoms with Crippen molar-refractivity contribution in [2.75, 3.05) is 5.32 Å². The Kier molecular flexibility index (Phi) is 4.31. The topological polar surface area (TPSA) is 49.3 Å². The van der Waals surface area contributed by atoms with E-state index < -0.39 is 5.82 Å². The van der Waals surface area contributed by atoms with Gasteiger partial charge in [-0.1, -0.05) is 26.7 Å². The van der Waals surface area contributed by atoms with Crippen molar-refractivity contribution in [3.63, 3.8) is 0 Å². The highest BCUT2D eigenvalue weighted by molar-refractivity contribution is 5.95. The average molecular weight is 279 g/mol. The Bertz CT molecular complexity index is 493. The Morgan fingerprint density at radius 2 is 2.05 bits per heavy atom. The second kappa shape index (κ2) is 5.81. The number of anilines is 1. The molecule has 0 radical (unpaired) electrons. The molecule has 2 rings (SSSR count). The fraction of sp³-hybridized carbons (Fsp3) is 0.562. The van der Waals surface area contributed by atoms with E-state index >= 15 is 0 Å². The van der Waals surface area contributed by atoms with Gasteiger partial charge in [-0.25, -0.2) is 4.39 Å². The van der Waals surface area contributed by atoms with Crippen molar-refractivity contribution in [1.29, 1.82) is 0 Å². The smallest absolute Gasteiger partial charge is 0.230 e. The van der Waals surface area contributed by atoms with Gasteiger partial charge in [-0.3, -0.25) is 4.79 Å². The lowest BCUT2D eigenvalue weighted by atomic mass is 9.77. The number of benzene rings is 1. The van der Waals surface area contributed by atoms with Crippen LogP contribution in [0.25, 0.3) is 0 Å². The minimum atomic E-state index is -0.601. The van der Waals surface area contributed by atoms with Crippen LogP contribution in [0.4, 0.5) is 10.1 Å². The molecule has 0 heterocycles. The zero-order valence-corrected chi connectivity index (χ0v) is 12.1. The molecule has 1 aromatic rings. The molecule has 0 aliphatic heterocycles. The first-order valence-corrected chi connectivity index (χ1v) is 7.23. The van der Waals surface area contributed by atoms with Gasteiger partial charge in [0.25, 0.3) is 0 Å². The molecule has 1 aliphatic rings. The first-order valence-electron chi connectivity index (χ1n) is 7.23. The van der Waals surface area contributed by atoms with Gasteiger partial charge in [-0.2, -0.15) is 0 Å². The van der Waals surface area contributed by atoms with Gasteiger partial charge in [0, 0.05) is 11.5 Å². The number of aromatic hydroxyl groups is 1. The molecule has 3 nitrogen and oxygen atoms in total. The number of carbonyl (C=O) groups excluding carboxylic acids is 1. The van der Waals surface area contributed by atoms with E-state index in [1.54, 1.807) is 0 Å². The maximum atomic E-state index is 13.7. The molecule has 0 spiro atoms. The Morgan fingerprint density at radius 3 is 2.60 bits per heavy atom. The van der Waals surface area contributed by atoms with Crippen LogP contribution in [-0.4, -0.2) is 11.0 Å². The van der Waals surface area contributed by atoms with Crippen LogP contribution in [0.3, 0.4) is 0 Å². The van der Waals surface area contributed by atoms with Gasteiger partial charge in [-0.05, 0) is 37.3 Å². The van der Waals surface area contributed by atoms with E-state index in [1.807, 2.05) is 0 Å². The lowest BCUT2D eigenvalue weighted by Crippen LogP contribution is -2.35. The van der Waals surface area contributed by atoms with Crippen LogP contribution in [0, 0.1) is 17.2 Å². The molecule has 1 amide bonds. The molecule has 4 heteroatoms. The maximum Gasteiger partial charge on any atom is 0.230 e. The molecule has 0 atom stereocenters. The summed E-state index contributed by atoms with van der Waals surface area (Å²) in [5.74, 6) is -0.397. The average Bonchev–Trinajstić information content (AvgIpc) is 2.81. The predicted octanol–water partition coefficient (Wildman–Crippen LogP) is 4.08. The highest BCUT2D eigenvalue weighted by Crippen LogP contribution is 2.44. The van der Waals surface area contributed by atoms with Crippen LogP contribution in [0.5, 0.6) is 5.75 Å². The molecule has 0 bridgehead atoms. The van der Waals surface area contributed by atoms with Gasteiger partial charge in [0.1, 0.15) is 11.6 Å². The number of nitrogens with one attached hydrogen (secondary N) is 1. The molecular weight excluding hydrogens is 257 g/mol. The van der Waals surface area contributed by atoms with Crippen molar-refractivity contribution in [1.82, 2.24) is 0 Å². The number of hydrogen-bond acceptors (Lipinski definition) is 2. The number of phenolic OH excluding ortho intramolecular Hbond substituents is 1. The molecule has 0 unspecified atom stereocenters. The van der Waals surface area contributed by atoms with Gasteiger partial charge in [-0.15, -0.1) is 0 Å². The SMILES string of the molecule is CC(C)CC1(C(=O)Nc2ccc(O)cc2F)CCCC1. The Labute approximate surface area is 119 Å². The van der Waals surface area contributed by atoms with Crippen molar-refractivity contribution in [2.45, 2.75) is 46.0 Å². The summed E-state index contributed by atoms with van der Waals surface area (Å²) in [5.41, 5.74) is -0.221. The summed E-state index contributed by atoms with van der Waals surface area (Å²) in [5, 5.41) is 11.9. The largest absolute Gasteiger partial charge is 0.508 e. The number of halogens is 1. The zero-order valence-electron chi connectivity index (χ0n) is 12.1. The van der Waals surface area contributed by atoms with Crippen molar-refractivity contribution >= 4 is 11.6 Å². The predicted molar refractivity (Wildman–Crippen MR) is 77.1 cm³/mol. The van der Waals surface area contributed by atoms with E-state index in [-0.39, 0.29) is 22.8 Å². The summed E-state index contributed by atoms with van der Waals surface area (Å²) in [6.45, 7) is 4.21. The van der Waals surface area contributed by atoms with E-state index in [0.29, 0.717) is 5.92 Å². The third-order valence-corrected chi connectivity index (χ3v) is 4.04. The van der Waals surface area contributed by atoms with Crippen LogP contribution < -0.4 is 5.32 Å². The van der Waals surface area contributed by atoms with Gasteiger partial charge >= 0.3 is 0 Å². The van der Waals surface area contributed by atoms with Gasteiger partial charge in [0.2, 0.25) is 5.91 Å². The minimum absolute atomic E-state index is 0.0895. The lowest BCUT2D eigenvalue weighted by Gasteiger charge is -2.29. The third kappa shape index (κ3) is 3.11. The number of hydrogen-bond donors (Lipinski definition) is 2. The minimum Gasteiger partial charge on any atom is -0.508 e. The quantitative estimate of drug-likeness (QED) is 0.816. The molecule has 1 aliphatic carbocycles. The number of amides is 1. The standard InChI is InChI=1S/C16H22FNO2/c1-11(2)10-16(7-3-4-8-16)15(20)18-14-6-5-12(19)9-13(14)17/h5-6,9,11,19H,3-4,7-8,10H2,1-2H3,(H,18,20). The second-order valence-electron chi connectivity index (χ2n) is 6.20. The second-order valence-corrected chi connectivity index (χ2v) is 6.20. The third-order valence-electron chi connectivity index (χ3n) is 4.04. The zero-order chi connectivity index (χ0) is 14.8. The Hall–Kier alpha value is -1.58. The molecule has 0 saturated heterocycles. The van der Waals surface area contributed by atoms with Crippen LogP contribution in [0.15, 0.2) is 18.2 Å². The van der Waals surface area contributed by atoms with Gasteiger partial charge < -0.3 is 10.4 Å². The summed E-state index contributed by atoms with van der Waals surface area (Å²) < 4.78 is 13.7. The van der Waals surface area contributed by atoms with Crippen molar-refractivity contribution in [3.05, 3.63) is 24.0 Å². The molecular formula is C16H22FNO2. The van der Waals surface area contributed by atoms with Crippen LogP contribution >= 0.6 is 0 Å². The van der Waals surface area contributed by atoms with Gasteiger partial charge in [0.05, 0.1) is 5.69 Å². The Morgan fingerprint density at radius 1 is 1.40 bits per heavy atom. The molecule has 1 aromatic carbocycles. The fourth-order valence-corrected chi connectivity index (χ4v) is 3.22. The molecule has 110 valence electrons. The summed E-state index contributed by atoms with van der Waals surface area (Å²) in [4.78, 5) is 12.6. The lowest BCUT2D eigenvalue weighted by molar-refractivity contribution is -0.126. The number of rotatable bonds is 4. The molecule has 20 heavy (non-hydrogen) atoms. The van der Waals surface area contributed by atoms with Gasteiger partial charge in [0.15, 0.2) is 0 Å². The highest BCUT2D eigenvalue weighted by Gasteiger charge is 2.41. The first kappa shape index (κ1) is 14.8. The normalized spacial score (nSPS) is 17.4. The van der Waals surface area contributed by atoms with Crippen molar-refractivity contribution in [3.8, 4) is 5.75 Å². The first-order chi connectivity index (χ1) is 9.43. The fourth-order valence-electron chi connectivity index (χ4n) is 3.22. The highest BCUT2D eigenvalue weighted by atomic mass is 19.1. The van der Waals surface area contributed by atoms with Crippen LogP contribution in [0.1, 0.15) is 46.0 Å². The van der Waals surface area contributed by atoms with E-state index in [0.717, 1.165) is 38.2 Å². The number of phenols is 1. The van der Waals surface area contributed by atoms with E-state index in [4.69, 9.17) is 0 Å². The number of carbonyl (C=O) groups is 1. The Balaban J connectivity index is 2.16. The molecule has 1 saturated carbocycles.